The fourth-order valence-corrected chi connectivity index (χ4v) is 6.45. The Morgan fingerprint density at radius 2 is 0.800 bits per heavy atom. The molecule has 0 amide bonds. The molecule has 0 aliphatic rings. The molecule has 0 bridgehead atoms. The number of rotatable bonds is 27. The van der Waals surface area contributed by atoms with Crippen molar-refractivity contribution in [3.8, 4) is 0 Å². The number of nitrogens with zero attached hydrogens (tertiary/aromatic N) is 7. The van der Waals surface area contributed by atoms with E-state index in [0.29, 0.717) is 48.7 Å². The van der Waals surface area contributed by atoms with Gasteiger partial charge in [-0.2, -0.15) is 0 Å². The summed E-state index contributed by atoms with van der Waals surface area (Å²) in [6.45, 7) is 20.2. The Bertz CT molecular complexity index is 1680. The van der Waals surface area contributed by atoms with Crippen molar-refractivity contribution in [2.75, 3.05) is 188 Å². The van der Waals surface area contributed by atoms with Crippen LogP contribution in [0, 0.1) is 0 Å². The maximum atomic E-state index is 11.5. The number of hydrogen-bond acceptors (Lipinski definition) is 19. The van der Waals surface area contributed by atoms with E-state index in [9.17, 15) is 14.4 Å². The fraction of sp³-hybridized carbons (Fsp3) is 0.769. The van der Waals surface area contributed by atoms with Crippen LogP contribution >= 0.6 is 11.6 Å². The number of likely N-dealkylation sites (N-methyl/N-ethyl adjacent to an activating group) is 6. The number of esters is 3. The fourth-order valence-electron chi connectivity index (χ4n) is 6.45. The second-order valence-electron chi connectivity index (χ2n) is 22.4. The second-order valence-corrected chi connectivity index (χ2v) is 22.4. The zero-order chi connectivity index (χ0) is 67.1. The number of hydrogen-bond donors (Lipinski definition) is 6. The first kappa shape index (κ1) is 97.9. The van der Waals surface area contributed by atoms with Crippen molar-refractivity contribution in [2.24, 2.45) is 0 Å². The Hall–Kier alpha value is -3.38. The van der Waals surface area contributed by atoms with Crippen molar-refractivity contribution in [1.29, 1.82) is 0 Å². The molecule has 0 saturated carbocycles. The topological polar surface area (TPSA) is 174 Å². The van der Waals surface area contributed by atoms with Gasteiger partial charge in [-0.25, -0.2) is 4.79 Å². The number of carbonyl (C=O) groups excluding carboxylic acids is 3. The van der Waals surface area contributed by atoms with Gasteiger partial charge in [-0.1, -0.05) is 68.1 Å². The monoisotopic (exact) mass is 1230 g/mol. The van der Waals surface area contributed by atoms with Gasteiger partial charge in [0.25, 0.3) is 0 Å². The quantitative estimate of drug-likeness (QED) is 0.0299. The van der Waals surface area contributed by atoms with Gasteiger partial charge in [-0.3, -0.25) is 19.4 Å². The minimum atomic E-state index is -0.318. The molecular formula is C65H140ClN13O6. The number of halogens is 1. The van der Waals surface area contributed by atoms with Crippen LogP contribution < -0.4 is 31.9 Å². The van der Waals surface area contributed by atoms with Gasteiger partial charge in [-0.15, -0.1) is 11.6 Å². The second kappa shape index (κ2) is 65.1. The Morgan fingerprint density at radius 1 is 0.435 bits per heavy atom. The zero-order valence-corrected chi connectivity index (χ0v) is 60.7. The lowest BCUT2D eigenvalue weighted by atomic mass is 10.1. The lowest BCUT2D eigenvalue weighted by molar-refractivity contribution is -0.146. The highest BCUT2D eigenvalue weighted by Crippen LogP contribution is 2.19. The summed E-state index contributed by atoms with van der Waals surface area (Å²) in [7, 11) is 44.3. The SMILES string of the molecule is C.CCl.CNC(C)CC(C)N(C)C.CNC(C)CC(C)N(C)C.CNCC(C)NC.CNCC(c1ccccc1)N(C)C.CNCCC(C)N(C)C.COC(=O)C(C)N(C)C.COC(=O)C(c1ccccc1)N(C)C.COC(=O)CC(C)N(C)C. The van der Waals surface area contributed by atoms with Gasteiger partial charge >= 0.3 is 17.9 Å². The van der Waals surface area contributed by atoms with Crippen LogP contribution in [0.1, 0.15) is 112 Å². The third kappa shape index (κ3) is 60.7. The Kier molecular flexibility index (Phi) is 74.9. The molecule has 2 aromatic carbocycles. The number of ether oxygens (including phenoxy) is 3. The summed E-state index contributed by atoms with van der Waals surface area (Å²) in [6, 6.07) is 24.3. The molecule has 0 aliphatic heterocycles. The highest BCUT2D eigenvalue weighted by molar-refractivity contribution is 6.15. The highest BCUT2D eigenvalue weighted by atomic mass is 35.5. The molecule has 0 spiro atoms. The Balaban J connectivity index is -0.000000133. The van der Waals surface area contributed by atoms with Gasteiger partial charge in [0.1, 0.15) is 12.1 Å². The molecule has 10 unspecified atom stereocenters. The van der Waals surface area contributed by atoms with E-state index < -0.39 is 0 Å². The zero-order valence-electron chi connectivity index (χ0n) is 60.0. The average Bonchev–Trinajstić information content (AvgIpc) is 3.50. The van der Waals surface area contributed by atoms with Crippen LogP contribution in [0.2, 0.25) is 0 Å². The summed E-state index contributed by atoms with van der Waals surface area (Å²) in [4.78, 5) is 47.4. The predicted molar refractivity (Wildman–Crippen MR) is 372 cm³/mol. The summed E-state index contributed by atoms with van der Waals surface area (Å²) in [6.07, 6.45) is 5.58. The Labute approximate surface area is 531 Å². The van der Waals surface area contributed by atoms with E-state index >= 15 is 0 Å². The molecule has 0 aromatic heterocycles. The minimum Gasteiger partial charge on any atom is -0.469 e. The van der Waals surface area contributed by atoms with Gasteiger partial charge in [0.15, 0.2) is 0 Å². The first-order valence-corrected chi connectivity index (χ1v) is 30.3. The maximum absolute atomic E-state index is 11.5. The number of carbonyl (C=O) groups is 3. The molecule has 2 aromatic rings. The van der Waals surface area contributed by atoms with Crippen LogP contribution in [0.25, 0.3) is 0 Å². The molecule has 0 fully saturated rings. The number of benzene rings is 2. The van der Waals surface area contributed by atoms with Crippen molar-refractivity contribution in [3.05, 3.63) is 71.8 Å². The smallest absolute Gasteiger partial charge is 0.327 e. The van der Waals surface area contributed by atoms with Gasteiger partial charge in [0, 0.05) is 67.8 Å². The van der Waals surface area contributed by atoms with Crippen LogP contribution in [0.4, 0.5) is 0 Å². The third-order valence-corrected chi connectivity index (χ3v) is 14.0. The van der Waals surface area contributed by atoms with Crippen molar-refractivity contribution >= 4 is 29.5 Å². The van der Waals surface area contributed by atoms with Gasteiger partial charge < -0.3 is 70.6 Å². The van der Waals surface area contributed by atoms with Gasteiger partial charge in [0.05, 0.1) is 27.8 Å². The lowest BCUT2D eigenvalue weighted by Gasteiger charge is -2.24. The maximum Gasteiger partial charge on any atom is 0.327 e. The number of methoxy groups -OCH3 is 3. The van der Waals surface area contributed by atoms with Crippen LogP contribution in [0.3, 0.4) is 0 Å². The van der Waals surface area contributed by atoms with Gasteiger partial charge in [0.2, 0.25) is 0 Å². The minimum absolute atomic E-state index is 0. The summed E-state index contributed by atoms with van der Waals surface area (Å²) in [5.41, 5.74) is 2.31. The van der Waals surface area contributed by atoms with E-state index in [1.54, 1.807) is 11.8 Å². The van der Waals surface area contributed by atoms with Crippen molar-refractivity contribution < 1.29 is 28.6 Å². The standard InChI is InChI=1S/C11H18N2.C11H15NO2.2C8H20N2.C7H18N2.C7H15NO2.C6H13NO2.C5H14N2.CH3Cl.CH4/c1-12-9-11(13(2)3)10-7-5-4-6-8-10;1-12(2)10(11(13)14-3)9-7-5-4-6-8-9;2*1-7(9-3)6-8(2)10(4)5;1-7(9(3)4)5-6-8-2;1-6(8(2)3)5-7(9)10-4;1-5(7(2)3)6(8)9-4;1-5(7-3)4-6-2;1-2;/h4-8,11-12H,9H2,1-3H3;4-8,10H,1-3H3;2*7-9H,6H2,1-5H3;7-8H,5-6H2,1-4H3;6H,5H2,1-4H3;5H,1-4H3;5-7H,4H2,1-3H3;1H3;1H4. The molecule has 0 saturated heterocycles. The van der Waals surface area contributed by atoms with E-state index in [1.165, 1.54) is 52.5 Å². The molecule has 2 rings (SSSR count). The third-order valence-electron chi connectivity index (χ3n) is 14.0. The summed E-state index contributed by atoms with van der Waals surface area (Å²) < 4.78 is 13.7. The molecule has 0 aliphatic carbocycles. The van der Waals surface area contributed by atoms with Crippen LogP contribution in [-0.4, -0.2) is 289 Å². The summed E-state index contributed by atoms with van der Waals surface area (Å²) >= 11 is 4.64. The van der Waals surface area contributed by atoms with Gasteiger partial charge in [-0.05, 0) is 233 Å². The molecule has 6 N–H and O–H groups in total. The molecule has 0 radical (unpaired) electrons. The summed E-state index contributed by atoms with van der Waals surface area (Å²) in [5.74, 6) is -0.581. The van der Waals surface area contributed by atoms with Crippen molar-refractivity contribution in [3.63, 3.8) is 0 Å². The highest BCUT2D eigenvalue weighted by Gasteiger charge is 2.23. The normalized spacial score (nSPS) is 13.9. The summed E-state index contributed by atoms with van der Waals surface area (Å²) in [5, 5.41) is 18.9. The Morgan fingerprint density at radius 3 is 1.05 bits per heavy atom. The molecule has 85 heavy (non-hydrogen) atoms. The van der Waals surface area contributed by atoms with E-state index in [2.05, 4.69) is 201 Å². The molecule has 10 atom stereocenters. The number of alkyl halides is 1. The van der Waals surface area contributed by atoms with Crippen LogP contribution in [0.15, 0.2) is 60.7 Å². The molecular weight excluding hydrogens is 1090 g/mol. The number of nitrogens with one attached hydrogen (secondary N) is 6. The predicted octanol–water partition coefficient (Wildman–Crippen LogP) is 7.30. The van der Waals surface area contributed by atoms with Crippen LogP contribution in [0.5, 0.6) is 0 Å². The molecule has 0 heterocycles. The first-order valence-electron chi connectivity index (χ1n) is 29.5. The lowest BCUT2D eigenvalue weighted by Crippen LogP contribution is -2.33. The van der Waals surface area contributed by atoms with Crippen LogP contribution in [-0.2, 0) is 28.6 Å². The largest absolute Gasteiger partial charge is 0.469 e. The van der Waals surface area contributed by atoms with E-state index in [1.807, 2.05) is 132 Å². The molecule has 20 heteroatoms. The average molecular weight is 1240 g/mol. The molecule has 508 valence electrons. The first-order chi connectivity index (χ1) is 39.2. The molecule has 19 nitrogen and oxygen atoms in total. The van der Waals surface area contributed by atoms with E-state index in [4.69, 9.17) is 4.74 Å². The van der Waals surface area contributed by atoms with E-state index in [-0.39, 0.29) is 43.5 Å². The van der Waals surface area contributed by atoms with Crippen molar-refractivity contribution in [2.45, 2.75) is 149 Å². The van der Waals surface area contributed by atoms with Crippen molar-refractivity contribution in [1.82, 2.24) is 66.2 Å². The van der Waals surface area contributed by atoms with E-state index in [0.717, 1.165) is 25.2 Å².